The molecule has 4 nitrogen and oxygen atoms in total. The normalized spacial score (nSPS) is 14.5. The summed E-state index contributed by atoms with van der Waals surface area (Å²) in [7, 11) is -2.62. The van der Waals surface area contributed by atoms with E-state index in [4.69, 9.17) is 8.85 Å². The third-order valence-corrected chi connectivity index (χ3v) is 4.38. The van der Waals surface area contributed by atoms with Crippen LogP contribution in [-0.2, 0) is 18.4 Å². The van der Waals surface area contributed by atoms with Gasteiger partial charge in [0, 0.05) is 19.5 Å². The number of rotatable bonds is 4. The average Bonchev–Trinajstić information content (AvgIpc) is 2.02. The van der Waals surface area contributed by atoms with Crippen molar-refractivity contribution in [3.63, 3.8) is 0 Å². The van der Waals surface area contributed by atoms with E-state index in [1.165, 1.54) is 6.92 Å². The second kappa shape index (κ2) is 5.28. The quantitative estimate of drug-likeness (QED) is 0.572. The van der Waals surface area contributed by atoms with Crippen LogP contribution in [0.15, 0.2) is 0 Å². The van der Waals surface area contributed by atoms with Crippen molar-refractivity contribution in [2.45, 2.75) is 26.4 Å². The molecule has 1 atom stereocenters. The smallest absolute Gasteiger partial charge is 0.460 e. The van der Waals surface area contributed by atoms with Gasteiger partial charge < -0.3 is 8.85 Å². The van der Waals surface area contributed by atoms with E-state index in [-0.39, 0.29) is 5.75 Å². The highest BCUT2D eigenvalue weighted by atomic mass is 32.1. The van der Waals surface area contributed by atoms with E-state index in [0.29, 0.717) is 6.04 Å². The van der Waals surface area contributed by atoms with Gasteiger partial charge in [-0.3, -0.25) is 9.59 Å². The first-order valence-corrected chi connectivity index (χ1v) is 7.11. The maximum atomic E-state index is 10.9. The fraction of sp³-hybridized carbons (Fsp3) is 0.714. The predicted molar refractivity (Wildman–Crippen MR) is 53.8 cm³/mol. The Labute approximate surface area is 84.3 Å². The molecule has 76 valence electrons. The van der Waals surface area contributed by atoms with Gasteiger partial charge in [-0.05, 0) is 0 Å². The second-order valence-electron chi connectivity index (χ2n) is 2.71. The van der Waals surface area contributed by atoms with Crippen LogP contribution < -0.4 is 0 Å². The van der Waals surface area contributed by atoms with Crippen LogP contribution >= 0.6 is 12.6 Å². The summed E-state index contributed by atoms with van der Waals surface area (Å²) in [5.74, 6) is -0.854. The van der Waals surface area contributed by atoms with Gasteiger partial charge in [0.15, 0.2) is 0 Å². The minimum Gasteiger partial charge on any atom is -0.485 e. The Hall–Kier alpha value is -0.493. The standard InChI is InChI=1S/C7H14O4SSi/c1-4-13(3,10-6(2)8)11-7(9)5-12/h12H,4-5H2,1-3H3. The number of carbonyl (C=O) groups excluding carboxylic acids is 2. The molecule has 1 unspecified atom stereocenters. The zero-order chi connectivity index (χ0) is 10.5. The molecule has 0 rings (SSSR count). The van der Waals surface area contributed by atoms with Crippen LogP contribution in [0, 0.1) is 0 Å². The van der Waals surface area contributed by atoms with Gasteiger partial charge in [0.25, 0.3) is 5.97 Å². The molecule has 0 amide bonds. The molecular weight excluding hydrogens is 208 g/mol. The first-order valence-electron chi connectivity index (χ1n) is 3.96. The zero-order valence-electron chi connectivity index (χ0n) is 7.99. The highest BCUT2D eigenvalue weighted by molar-refractivity contribution is 7.81. The van der Waals surface area contributed by atoms with Gasteiger partial charge in [-0.1, -0.05) is 6.92 Å². The molecule has 0 aliphatic carbocycles. The first-order chi connectivity index (χ1) is 5.93. The van der Waals surface area contributed by atoms with E-state index in [9.17, 15) is 9.59 Å². The number of thiol groups is 1. The molecule has 0 spiro atoms. The summed E-state index contributed by atoms with van der Waals surface area (Å²) in [6.07, 6.45) is 0. The Morgan fingerprint density at radius 1 is 1.38 bits per heavy atom. The molecule has 0 N–H and O–H groups in total. The Bertz CT molecular complexity index is 209. The van der Waals surface area contributed by atoms with Gasteiger partial charge in [-0.15, -0.1) is 0 Å². The van der Waals surface area contributed by atoms with Gasteiger partial charge >= 0.3 is 14.5 Å². The lowest BCUT2D eigenvalue weighted by Gasteiger charge is -2.23. The molecule has 0 bridgehead atoms. The summed E-state index contributed by atoms with van der Waals surface area (Å²) in [4.78, 5) is 21.6. The topological polar surface area (TPSA) is 52.6 Å². The fourth-order valence-corrected chi connectivity index (χ4v) is 2.42. The van der Waals surface area contributed by atoms with Gasteiger partial charge in [-0.2, -0.15) is 12.6 Å². The van der Waals surface area contributed by atoms with Crippen LogP contribution in [0.1, 0.15) is 13.8 Å². The van der Waals surface area contributed by atoms with Crippen molar-refractivity contribution in [2.75, 3.05) is 5.75 Å². The Morgan fingerprint density at radius 2 is 1.92 bits per heavy atom. The van der Waals surface area contributed by atoms with Crippen molar-refractivity contribution in [3.8, 4) is 0 Å². The van der Waals surface area contributed by atoms with Crippen molar-refractivity contribution in [1.29, 1.82) is 0 Å². The molecule has 0 aromatic rings. The summed E-state index contributed by atoms with van der Waals surface area (Å²) >= 11 is 3.76. The third kappa shape index (κ3) is 4.94. The van der Waals surface area contributed by atoms with Gasteiger partial charge in [0.05, 0.1) is 5.75 Å². The monoisotopic (exact) mass is 222 g/mol. The lowest BCUT2D eigenvalue weighted by molar-refractivity contribution is -0.138. The Balaban J connectivity index is 4.27. The summed E-state index contributed by atoms with van der Waals surface area (Å²) in [6.45, 7) is 4.80. The third-order valence-electron chi connectivity index (χ3n) is 1.46. The van der Waals surface area contributed by atoms with Crippen molar-refractivity contribution in [2.24, 2.45) is 0 Å². The molecule has 0 heterocycles. The number of hydrogen-bond donors (Lipinski definition) is 1. The van der Waals surface area contributed by atoms with Crippen LogP contribution in [0.4, 0.5) is 0 Å². The first kappa shape index (κ1) is 12.5. The van der Waals surface area contributed by atoms with E-state index >= 15 is 0 Å². The largest absolute Gasteiger partial charge is 0.485 e. The van der Waals surface area contributed by atoms with Crippen LogP contribution in [0.2, 0.25) is 12.6 Å². The van der Waals surface area contributed by atoms with Crippen molar-refractivity contribution >= 4 is 33.1 Å². The molecule has 0 aliphatic rings. The molecule has 0 fully saturated rings. The van der Waals surface area contributed by atoms with Crippen LogP contribution in [-0.4, -0.2) is 26.3 Å². The molecule has 6 heteroatoms. The van der Waals surface area contributed by atoms with Crippen LogP contribution in [0.3, 0.4) is 0 Å². The van der Waals surface area contributed by atoms with E-state index in [1.54, 1.807) is 6.55 Å². The zero-order valence-corrected chi connectivity index (χ0v) is 9.89. The summed E-state index contributed by atoms with van der Waals surface area (Å²) in [5, 5.41) is 0. The highest BCUT2D eigenvalue weighted by Gasteiger charge is 2.36. The van der Waals surface area contributed by atoms with Crippen LogP contribution in [0.25, 0.3) is 0 Å². The molecule has 0 radical (unpaired) electrons. The summed E-state index contributed by atoms with van der Waals surface area (Å²) in [5.41, 5.74) is 0. The molecule has 0 aliphatic heterocycles. The van der Waals surface area contributed by atoms with Crippen molar-refractivity contribution in [3.05, 3.63) is 0 Å². The van der Waals surface area contributed by atoms with E-state index in [1.807, 2.05) is 6.92 Å². The molecular formula is C7H14O4SSi. The van der Waals surface area contributed by atoms with Gasteiger partial charge in [0.2, 0.25) is 0 Å². The molecule has 0 aromatic carbocycles. The average molecular weight is 222 g/mol. The maximum Gasteiger partial charge on any atom is 0.460 e. The Morgan fingerprint density at radius 3 is 2.23 bits per heavy atom. The van der Waals surface area contributed by atoms with E-state index < -0.39 is 20.5 Å². The molecule has 0 aromatic heterocycles. The summed E-state index contributed by atoms with van der Waals surface area (Å²) < 4.78 is 10.0. The van der Waals surface area contributed by atoms with Gasteiger partial charge in [0.1, 0.15) is 0 Å². The lowest BCUT2D eigenvalue weighted by Crippen LogP contribution is -2.41. The predicted octanol–water partition coefficient (Wildman–Crippen LogP) is 1.11. The highest BCUT2D eigenvalue weighted by Crippen LogP contribution is 2.13. The van der Waals surface area contributed by atoms with Crippen molar-refractivity contribution < 1.29 is 18.4 Å². The van der Waals surface area contributed by atoms with Crippen molar-refractivity contribution in [1.82, 2.24) is 0 Å². The second-order valence-corrected chi connectivity index (χ2v) is 6.41. The Kier molecular flexibility index (Phi) is 5.08. The minimum atomic E-state index is -2.62. The number of carbonyl (C=O) groups is 2. The summed E-state index contributed by atoms with van der Waals surface area (Å²) in [6, 6.07) is 0.548. The van der Waals surface area contributed by atoms with E-state index in [0.717, 1.165) is 0 Å². The molecule has 0 saturated heterocycles. The van der Waals surface area contributed by atoms with E-state index in [2.05, 4.69) is 12.6 Å². The maximum absolute atomic E-state index is 10.9. The van der Waals surface area contributed by atoms with Crippen LogP contribution in [0.5, 0.6) is 0 Å². The minimum absolute atomic E-state index is 0.00382. The fourth-order valence-electron chi connectivity index (χ4n) is 0.742. The van der Waals surface area contributed by atoms with Gasteiger partial charge in [-0.25, -0.2) is 0 Å². The number of hydrogen-bond acceptors (Lipinski definition) is 5. The molecule has 0 saturated carbocycles. The molecule has 13 heavy (non-hydrogen) atoms. The lowest BCUT2D eigenvalue weighted by atomic mass is 10.8. The SMILES string of the molecule is CC[Si](C)(OC(C)=O)OC(=O)CS.